The molecular formula is C14H22N2O3S. The highest BCUT2D eigenvalue weighted by molar-refractivity contribution is 7.89. The molecule has 0 spiro atoms. The average molecular weight is 298 g/mol. The predicted octanol–water partition coefficient (Wildman–Crippen LogP) is 1.86. The molecule has 0 bridgehead atoms. The molecule has 6 heteroatoms. The third-order valence-electron chi connectivity index (χ3n) is 2.89. The molecule has 0 radical (unpaired) electrons. The Morgan fingerprint density at radius 2 is 1.75 bits per heavy atom. The largest absolute Gasteiger partial charge is 0.345 e. The maximum atomic E-state index is 12.0. The van der Waals surface area contributed by atoms with E-state index in [1.165, 1.54) is 29.2 Å². The predicted molar refractivity (Wildman–Crippen MR) is 79.2 cm³/mol. The van der Waals surface area contributed by atoms with Gasteiger partial charge in [-0.2, -0.15) is 0 Å². The Bertz CT molecular complexity index is 536. The highest BCUT2D eigenvalue weighted by atomic mass is 32.2. The molecule has 1 rings (SSSR count). The van der Waals surface area contributed by atoms with Crippen LogP contribution in [0, 0.1) is 0 Å². The lowest BCUT2D eigenvalue weighted by Crippen LogP contribution is -2.25. The first-order chi connectivity index (χ1) is 9.38. The first-order valence-electron chi connectivity index (χ1n) is 6.70. The van der Waals surface area contributed by atoms with Gasteiger partial charge in [-0.1, -0.05) is 19.8 Å². The number of nitrogens with one attached hydrogen (secondary N) is 1. The van der Waals surface area contributed by atoms with Crippen LogP contribution in [0.1, 0.15) is 36.5 Å². The van der Waals surface area contributed by atoms with E-state index in [-0.39, 0.29) is 10.8 Å². The van der Waals surface area contributed by atoms with Gasteiger partial charge in [0.1, 0.15) is 0 Å². The minimum Gasteiger partial charge on any atom is -0.345 e. The van der Waals surface area contributed by atoms with Gasteiger partial charge in [0, 0.05) is 26.2 Å². The van der Waals surface area contributed by atoms with Gasteiger partial charge in [0.05, 0.1) is 4.90 Å². The van der Waals surface area contributed by atoms with Crippen molar-refractivity contribution in [3.05, 3.63) is 29.8 Å². The third-order valence-corrected chi connectivity index (χ3v) is 4.37. The molecule has 1 aromatic rings. The number of carbonyl (C=O) groups is 1. The number of unbranched alkanes of at least 4 members (excludes halogenated alkanes) is 2. The second kappa shape index (κ2) is 7.40. The van der Waals surface area contributed by atoms with E-state index in [0.29, 0.717) is 12.1 Å². The molecule has 0 fully saturated rings. The van der Waals surface area contributed by atoms with Crippen LogP contribution in [0.3, 0.4) is 0 Å². The third kappa shape index (κ3) is 4.61. The SMILES string of the molecule is CCCCCNS(=O)(=O)c1ccc(C(=O)N(C)C)cc1. The Morgan fingerprint density at radius 3 is 2.25 bits per heavy atom. The maximum absolute atomic E-state index is 12.0. The van der Waals surface area contributed by atoms with Crippen molar-refractivity contribution >= 4 is 15.9 Å². The van der Waals surface area contributed by atoms with E-state index in [4.69, 9.17) is 0 Å². The smallest absolute Gasteiger partial charge is 0.253 e. The lowest BCUT2D eigenvalue weighted by molar-refractivity contribution is 0.0827. The van der Waals surface area contributed by atoms with Gasteiger partial charge in [0.25, 0.3) is 5.91 Å². The van der Waals surface area contributed by atoms with Crippen molar-refractivity contribution in [1.82, 2.24) is 9.62 Å². The fourth-order valence-corrected chi connectivity index (χ4v) is 2.77. The van der Waals surface area contributed by atoms with Crippen molar-refractivity contribution in [3.8, 4) is 0 Å². The zero-order chi connectivity index (χ0) is 15.2. The summed E-state index contributed by atoms with van der Waals surface area (Å²) in [5, 5.41) is 0. The Balaban J connectivity index is 2.74. The molecular weight excluding hydrogens is 276 g/mol. The number of hydrogen-bond donors (Lipinski definition) is 1. The molecule has 0 aromatic heterocycles. The van der Waals surface area contributed by atoms with E-state index >= 15 is 0 Å². The summed E-state index contributed by atoms with van der Waals surface area (Å²) in [6, 6.07) is 5.98. The fourth-order valence-electron chi connectivity index (χ4n) is 1.70. The average Bonchev–Trinajstić information content (AvgIpc) is 2.43. The van der Waals surface area contributed by atoms with E-state index in [2.05, 4.69) is 11.6 Å². The number of hydrogen-bond acceptors (Lipinski definition) is 3. The minimum absolute atomic E-state index is 0.148. The van der Waals surface area contributed by atoms with Crippen molar-refractivity contribution in [2.45, 2.75) is 31.1 Å². The standard InChI is InChI=1S/C14H22N2O3S/c1-4-5-6-11-15-20(18,19)13-9-7-12(8-10-13)14(17)16(2)3/h7-10,15H,4-6,11H2,1-3H3. The van der Waals surface area contributed by atoms with Gasteiger partial charge in [0.15, 0.2) is 0 Å². The van der Waals surface area contributed by atoms with Crippen molar-refractivity contribution in [2.75, 3.05) is 20.6 Å². The van der Waals surface area contributed by atoms with Crippen LogP contribution < -0.4 is 4.72 Å². The van der Waals surface area contributed by atoms with E-state index in [1.54, 1.807) is 14.1 Å². The minimum atomic E-state index is -3.48. The maximum Gasteiger partial charge on any atom is 0.253 e. The van der Waals surface area contributed by atoms with E-state index in [9.17, 15) is 13.2 Å². The van der Waals surface area contributed by atoms with Crippen LogP contribution in [0.4, 0.5) is 0 Å². The molecule has 0 unspecified atom stereocenters. The molecule has 0 atom stereocenters. The first kappa shape index (κ1) is 16.7. The van der Waals surface area contributed by atoms with E-state index in [1.807, 2.05) is 0 Å². The van der Waals surface area contributed by atoms with Gasteiger partial charge in [-0.3, -0.25) is 4.79 Å². The monoisotopic (exact) mass is 298 g/mol. The summed E-state index contributed by atoms with van der Waals surface area (Å²) in [6.45, 7) is 2.50. The summed E-state index contributed by atoms with van der Waals surface area (Å²) in [4.78, 5) is 13.3. The van der Waals surface area contributed by atoms with E-state index < -0.39 is 10.0 Å². The van der Waals surface area contributed by atoms with Gasteiger partial charge in [-0.15, -0.1) is 0 Å². The quantitative estimate of drug-likeness (QED) is 0.781. The number of nitrogens with zero attached hydrogens (tertiary/aromatic N) is 1. The van der Waals surface area contributed by atoms with Crippen molar-refractivity contribution in [3.63, 3.8) is 0 Å². The van der Waals surface area contributed by atoms with Crippen LogP contribution in [-0.2, 0) is 10.0 Å². The molecule has 0 heterocycles. The number of benzene rings is 1. The summed E-state index contributed by atoms with van der Waals surface area (Å²) in [5.41, 5.74) is 0.472. The fraction of sp³-hybridized carbons (Fsp3) is 0.500. The zero-order valence-electron chi connectivity index (χ0n) is 12.2. The van der Waals surface area contributed by atoms with Crippen molar-refractivity contribution in [1.29, 1.82) is 0 Å². The van der Waals surface area contributed by atoms with Gasteiger partial charge >= 0.3 is 0 Å². The molecule has 5 nitrogen and oxygen atoms in total. The van der Waals surface area contributed by atoms with Gasteiger partial charge < -0.3 is 4.90 Å². The molecule has 1 amide bonds. The normalized spacial score (nSPS) is 11.3. The Hall–Kier alpha value is -1.40. The number of amides is 1. The van der Waals surface area contributed by atoms with Crippen LogP contribution >= 0.6 is 0 Å². The summed E-state index contributed by atoms with van der Waals surface area (Å²) < 4.78 is 26.6. The molecule has 0 aliphatic heterocycles. The highest BCUT2D eigenvalue weighted by Crippen LogP contribution is 2.11. The summed E-state index contributed by atoms with van der Waals surface area (Å²) in [7, 11) is -0.168. The Morgan fingerprint density at radius 1 is 1.15 bits per heavy atom. The van der Waals surface area contributed by atoms with Crippen molar-refractivity contribution in [2.24, 2.45) is 0 Å². The highest BCUT2D eigenvalue weighted by Gasteiger charge is 2.14. The Labute approximate surface area is 121 Å². The molecule has 20 heavy (non-hydrogen) atoms. The molecule has 112 valence electrons. The van der Waals surface area contributed by atoms with E-state index in [0.717, 1.165) is 19.3 Å². The van der Waals surface area contributed by atoms with Gasteiger partial charge in [-0.05, 0) is 30.7 Å². The van der Waals surface area contributed by atoms with Crippen LogP contribution in [-0.4, -0.2) is 39.9 Å². The first-order valence-corrected chi connectivity index (χ1v) is 8.18. The summed E-state index contributed by atoms with van der Waals surface area (Å²) in [6.07, 6.45) is 2.87. The van der Waals surface area contributed by atoms with Crippen LogP contribution in [0.2, 0.25) is 0 Å². The topological polar surface area (TPSA) is 66.5 Å². The lowest BCUT2D eigenvalue weighted by atomic mass is 10.2. The molecule has 1 aromatic carbocycles. The number of sulfonamides is 1. The molecule has 0 aliphatic carbocycles. The van der Waals surface area contributed by atoms with Crippen LogP contribution in [0.25, 0.3) is 0 Å². The van der Waals surface area contributed by atoms with Crippen LogP contribution in [0.5, 0.6) is 0 Å². The van der Waals surface area contributed by atoms with Gasteiger partial charge in [-0.25, -0.2) is 13.1 Å². The molecule has 0 saturated carbocycles. The number of rotatable bonds is 7. The summed E-state index contributed by atoms with van der Waals surface area (Å²) in [5.74, 6) is -0.148. The molecule has 0 aliphatic rings. The van der Waals surface area contributed by atoms with Crippen molar-refractivity contribution < 1.29 is 13.2 Å². The number of carbonyl (C=O) groups excluding carboxylic acids is 1. The molecule has 0 saturated heterocycles. The zero-order valence-corrected chi connectivity index (χ0v) is 13.0. The lowest BCUT2D eigenvalue weighted by Gasteiger charge is -2.11. The second-order valence-corrected chi connectivity index (χ2v) is 6.60. The summed E-state index contributed by atoms with van der Waals surface area (Å²) >= 11 is 0. The van der Waals surface area contributed by atoms with Crippen LogP contribution in [0.15, 0.2) is 29.2 Å². The Kier molecular flexibility index (Phi) is 6.16. The second-order valence-electron chi connectivity index (χ2n) is 4.83. The molecule has 1 N–H and O–H groups in total. The van der Waals surface area contributed by atoms with Gasteiger partial charge in [0.2, 0.25) is 10.0 Å².